The van der Waals surface area contributed by atoms with Gasteiger partial charge in [-0.2, -0.15) is 0 Å². The Hall–Kier alpha value is -0.0800. The maximum absolute atomic E-state index is 4.16. The van der Waals surface area contributed by atoms with Crippen LogP contribution in [0.2, 0.25) is 0 Å². The summed E-state index contributed by atoms with van der Waals surface area (Å²) in [6, 6.07) is 1.50. The van der Waals surface area contributed by atoms with Crippen LogP contribution < -0.4 is 5.32 Å². The molecule has 0 amide bonds. The Morgan fingerprint density at radius 2 is 1.90 bits per heavy atom. The van der Waals surface area contributed by atoms with E-state index in [1.807, 2.05) is 0 Å². The predicted octanol–water partition coefficient (Wildman–Crippen LogP) is 4.06. The Morgan fingerprint density at radius 1 is 1.10 bits per heavy atom. The molecule has 2 nitrogen and oxygen atoms in total. The van der Waals surface area contributed by atoms with E-state index in [4.69, 9.17) is 0 Å². The number of hydrogen-bond donors (Lipinski definition) is 1. The van der Waals surface area contributed by atoms with Gasteiger partial charge in [0.1, 0.15) is 0 Å². The lowest BCUT2D eigenvalue weighted by Gasteiger charge is -2.45. The van der Waals surface area contributed by atoms with E-state index in [-0.39, 0.29) is 0 Å². The van der Waals surface area contributed by atoms with Crippen LogP contribution in [0.3, 0.4) is 0 Å². The van der Waals surface area contributed by atoms with Gasteiger partial charge >= 0.3 is 0 Å². The molecule has 21 heavy (non-hydrogen) atoms. The Labute approximate surface area is 132 Å². The molecule has 2 aliphatic carbocycles. The lowest BCUT2D eigenvalue weighted by atomic mass is 9.68. The molecule has 0 aromatic rings. The highest BCUT2D eigenvalue weighted by Crippen LogP contribution is 2.62. The minimum atomic E-state index is 0.502. The Bertz CT molecular complexity index is 360. The molecule has 3 aliphatic rings. The topological polar surface area (TPSA) is 15.3 Å². The summed E-state index contributed by atoms with van der Waals surface area (Å²) >= 11 is 0. The summed E-state index contributed by atoms with van der Waals surface area (Å²) in [4.78, 5) is 2.68. The lowest BCUT2D eigenvalue weighted by Crippen LogP contribution is -2.53. The average Bonchev–Trinajstić information content (AvgIpc) is 2.79. The zero-order valence-electron chi connectivity index (χ0n) is 14.8. The predicted molar refractivity (Wildman–Crippen MR) is 90.5 cm³/mol. The van der Waals surface area contributed by atoms with Crippen molar-refractivity contribution in [3.63, 3.8) is 0 Å². The molecule has 2 bridgehead atoms. The normalized spacial score (nSPS) is 43.1. The summed E-state index contributed by atoms with van der Waals surface area (Å²) < 4.78 is 0. The second kappa shape index (κ2) is 5.85. The summed E-state index contributed by atoms with van der Waals surface area (Å²) in [5.74, 6) is 0.961. The van der Waals surface area contributed by atoms with Crippen LogP contribution in [0.1, 0.15) is 72.6 Å². The highest BCUT2D eigenvalue weighted by Gasteiger charge is 2.59. The van der Waals surface area contributed by atoms with Gasteiger partial charge in [-0.1, -0.05) is 27.7 Å². The third kappa shape index (κ3) is 2.91. The van der Waals surface area contributed by atoms with Crippen molar-refractivity contribution in [2.24, 2.45) is 16.7 Å². The highest BCUT2D eigenvalue weighted by molar-refractivity contribution is 5.12. The quantitative estimate of drug-likeness (QED) is 0.841. The van der Waals surface area contributed by atoms with Crippen molar-refractivity contribution < 1.29 is 0 Å². The average molecular weight is 293 g/mol. The molecule has 0 aromatic heterocycles. The second-order valence-corrected chi connectivity index (χ2v) is 8.98. The summed E-state index contributed by atoms with van der Waals surface area (Å²) in [6.45, 7) is 13.8. The van der Waals surface area contributed by atoms with E-state index < -0.39 is 0 Å². The van der Waals surface area contributed by atoms with Crippen molar-refractivity contribution in [3.8, 4) is 0 Å². The van der Waals surface area contributed by atoms with Gasteiger partial charge in [-0.05, 0) is 81.3 Å². The number of fused-ring (bicyclic) bond motifs is 2. The minimum Gasteiger partial charge on any atom is -0.310 e. The first-order valence-corrected chi connectivity index (χ1v) is 9.44. The van der Waals surface area contributed by atoms with Crippen LogP contribution in [0.15, 0.2) is 0 Å². The minimum absolute atomic E-state index is 0.502. The van der Waals surface area contributed by atoms with Gasteiger partial charge in [-0.3, -0.25) is 0 Å². The summed E-state index contributed by atoms with van der Waals surface area (Å²) in [7, 11) is 0. The third-order valence-electron chi connectivity index (χ3n) is 7.03. The molecule has 1 aliphatic heterocycles. The first kappa shape index (κ1) is 15.8. The fraction of sp³-hybridized carbons (Fsp3) is 1.00. The molecule has 3 fully saturated rings. The Balaban J connectivity index is 1.61. The summed E-state index contributed by atoms with van der Waals surface area (Å²) in [5.41, 5.74) is 1.08. The molecule has 2 heteroatoms. The third-order valence-corrected chi connectivity index (χ3v) is 7.03. The molecule has 4 atom stereocenters. The molecule has 4 unspecified atom stereocenters. The zero-order valence-corrected chi connectivity index (χ0v) is 14.8. The second-order valence-electron chi connectivity index (χ2n) is 8.98. The maximum atomic E-state index is 4.16. The molecule has 0 radical (unpaired) electrons. The van der Waals surface area contributed by atoms with Gasteiger partial charge in [0.05, 0.1) is 0 Å². The van der Waals surface area contributed by atoms with E-state index in [1.54, 1.807) is 0 Å². The van der Waals surface area contributed by atoms with E-state index in [9.17, 15) is 0 Å². The first-order chi connectivity index (χ1) is 9.95. The summed E-state index contributed by atoms with van der Waals surface area (Å²) in [5, 5.41) is 4.16. The van der Waals surface area contributed by atoms with E-state index in [0.717, 1.165) is 18.0 Å². The number of nitrogens with one attached hydrogen (secondary N) is 1. The molecule has 0 spiro atoms. The molecule has 1 saturated heterocycles. The van der Waals surface area contributed by atoms with Gasteiger partial charge in [0.2, 0.25) is 0 Å². The smallest absolute Gasteiger partial charge is 0.0177 e. The van der Waals surface area contributed by atoms with Gasteiger partial charge in [0.25, 0.3) is 0 Å². The van der Waals surface area contributed by atoms with Crippen molar-refractivity contribution in [1.29, 1.82) is 0 Å². The van der Waals surface area contributed by atoms with E-state index in [2.05, 4.69) is 37.9 Å². The van der Waals surface area contributed by atoms with Crippen molar-refractivity contribution >= 4 is 0 Å². The largest absolute Gasteiger partial charge is 0.310 e. The standard InChI is InChI=1S/C19H36N2/c1-5-11-21-12-6-7-16(9-13-21)20-17-18(2,3)15-8-10-19(17,4)14-15/h15-17,20H,5-14H2,1-4H3. The molecular weight excluding hydrogens is 256 g/mol. The first-order valence-electron chi connectivity index (χ1n) is 9.44. The van der Waals surface area contributed by atoms with Crippen LogP contribution in [0.5, 0.6) is 0 Å². The summed E-state index contributed by atoms with van der Waals surface area (Å²) in [6.07, 6.45) is 9.80. The molecule has 3 rings (SSSR count). The van der Waals surface area contributed by atoms with Crippen LogP contribution >= 0.6 is 0 Å². The van der Waals surface area contributed by atoms with E-state index in [0.29, 0.717) is 10.8 Å². The Kier molecular flexibility index (Phi) is 4.40. The van der Waals surface area contributed by atoms with Crippen molar-refractivity contribution in [2.75, 3.05) is 19.6 Å². The van der Waals surface area contributed by atoms with Crippen LogP contribution in [0.4, 0.5) is 0 Å². The van der Waals surface area contributed by atoms with Gasteiger partial charge in [-0.15, -0.1) is 0 Å². The van der Waals surface area contributed by atoms with E-state index in [1.165, 1.54) is 64.6 Å². The van der Waals surface area contributed by atoms with Crippen LogP contribution in [-0.4, -0.2) is 36.6 Å². The van der Waals surface area contributed by atoms with Crippen LogP contribution in [0.25, 0.3) is 0 Å². The maximum Gasteiger partial charge on any atom is 0.0177 e. The van der Waals surface area contributed by atoms with E-state index >= 15 is 0 Å². The molecule has 1 heterocycles. The molecule has 2 saturated carbocycles. The van der Waals surface area contributed by atoms with Gasteiger partial charge in [-0.25, -0.2) is 0 Å². The van der Waals surface area contributed by atoms with Gasteiger partial charge < -0.3 is 10.2 Å². The van der Waals surface area contributed by atoms with Crippen LogP contribution in [-0.2, 0) is 0 Å². The highest BCUT2D eigenvalue weighted by atomic mass is 15.1. The fourth-order valence-electron chi connectivity index (χ4n) is 5.82. The lowest BCUT2D eigenvalue weighted by molar-refractivity contribution is 0.0959. The van der Waals surface area contributed by atoms with Crippen molar-refractivity contribution in [1.82, 2.24) is 10.2 Å². The SMILES string of the molecule is CCCN1CCCC(NC2C3(C)CCC(C3)C2(C)C)CC1. The molecular formula is C19H36N2. The van der Waals surface area contributed by atoms with Crippen molar-refractivity contribution in [3.05, 3.63) is 0 Å². The number of rotatable bonds is 4. The Morgan fingerprint density at radius 3 is 2.57 bits per heavy atom. The molecule has 122 valence electrons. The fourth-order valence-corrected chi connectivity index (χ4v) is 5.82. The molecule has 1 N–H and O–H groups in total. The van der Waals surface area contributed by atoms with Gasteiger partial charge in [0.15, 0.2) is 0 Å². The number of nitrogens with zero attached hydrogens (tertiary/aromatic N) is 1. The number of hydrogen-bond acceptors (Lipinski definition) is 2. The molecule has 0 aromatic carbocycles. The monoisotopic (exact) mass is 292 g/mol. The zero-order chi connectivity index (χ0) is 15.1. The number of likely N-dealkylation sites (tertiary alicyclic amines) is 1. The van der Waals surface area contributed by atoms with Crippen molar-refractivity contribution in [2.45, 2.75) is 84.7 Å². The van der Waals surface area contributed by atoms with Crippen LogP contribution in [0, 0.1) is 16.7 Å². The van der Waals surface area contributed by atoms with Gasteiger partial charge in [0, 0.05) is 12.1 Å².